The minimum atomic E-state index is 0.355. The minimum Gasteiger partial charge on any atom is -0.376 e. The van der Waals surface area contributed by atoms with E-state index in [0.717, 1.165) is 24.0 Å². The summed E-state index contributed by atoms with van der Waals surface area (Å²) >= 11 is 3.48. The predicted octanol–water partition coefficient (Wildman–Crippen LogP) is 3.39. The maximum atomic E-state index is 5.90. The van der Waals surface area contributed by atoms with Crippen LogP contribution in [0.15, 0.2) is 28.7 Å². The third-order valence-corrected chi connectivity index (χ3v) is 4.20. The number of hydrogen-bond donors (Lipinski definition) is 1. The molecule has 3 atom stereocenters. The maximum absolute atomic E-state index is 5.90. The van der Waals surface area contributed by atoms with Crippen LogP contribution < -0.4 is 5.32 Å². The Morgan fingerprint density at radius 2 is 2.11 bits per heavy atom. The molecule has 0 spiro atoms. The quantitative estimate of drug-likeness (QED) is 0.900. The van der Waals surface area contributed by atoms with Crippen molar-refractivity contribution in [3.8, 4) is 0 Å². The van der Waals surface area contributed by atoms with E-state index in [2.05, 4.69) is 59.4 Å². The van der Waals surface area contributed by atoms with Crippen molar-refractivity contribution in [2.45, 2.75) is 38.8 Å². The molecule has 1 N–H and O–H groups in total. The van der Waals surface area contributed by atoms with Crippen molar-refractivity contribution in [1.29, 1.82) is 0 Å². The number of benzene rings is 1. The van der Waals surface area contributed by atoms with Gasteiger partial charge in [-0.15, -0.1) is 0 Å². The van der Waals surface area contributed by atoms with E-state index in [1.54, 1.807) is 0 Å². The molecule has 1 aromatic carbocycles. The first-order chi connectivity index (χ1) is 8.70. The molecule has 1 fully saturated rings. The predicted molar refractivity (Wildman–Crippen MR) is 78.8 cm³/mol. The van der Waals surface area contributed by atoms with Crippen LogP contribution >= 0.6 is 15.9 Å². The van der Waals surface area contributed by atoms with Crippen LogP contribution in [0.5, 0.6) is 0 Å². The van der Waals surface area contributed by atoms with Gasteiger partial charge >= 0.3 is 0 Å². The van der Waals surface area contributed by atoms with E-state index >= 15 is 0 Å². The summed E-state index contributed by atoms with van der Waals surface area (Å²) in [5.41, 5.74) is 1.37. The van der Waals surface area contributed by atoms with Crippen LogP contribution in [-0.4, -0.2) is 25.3 Å². The molecule has 0 bridgehead atoms. The molecule has 3 unspecified atom stereocenters. The zero-order chi connectivity index (χ0) is 13.0. The molecule has 2 nitrogen and oxygen atoms in total. The first kappa shape index (κ1) is 14.0. The highest BCUT2D eigenvalue weighted by Crippen LogP contribution is 2.25. The molecule has 3 heteroatoms. The van der Waals surface area contributed by atoms with Crippen LogP contribution in [-0.2, 0) is 11.2 Å². The molecule has 1 heterocycles. The second-order valence-corrected chi connectivity index (χ2v) is 6.01. The number of ether oxygens (including phenoxy) is 1. The maximum Gasteiger partial charge on any atom is 0.0757 e. The summed E-state index contributed by atoms with van der Waals surface area (Å²) in [4.78, 5) is 0. The van der Waals surface area contributed by atoms with Crippen molar-refractivity contribution in [3.05, 3.63) is 34.3 Å². The molecule has 2 rings (SSSR count). The van der Waals surface area contributed by atoms with Crippen molar-refractivity contribution >= 4 is 15.9 Å². The highest BCUT2D eigenvalue weighted by atomic mass is 79.9. The minimum absolute atomic E-state index is 0.355. The van der Waals surface area contributed by atoms with Crippen molar-refractivity contribution in [2.75, 3.05) is 13.2 Å². The monoisotopic (exact) mass is 311 g/mol. The van der Waals surface area contributed by atoms with Gasteiger partial charge in [0.25, 0.3) is 0 Å². The number of halogens is 1. The molecule has 1 aromatic rings. The lowest BCUT2D eigenvalue weighted by Crippen LogP contribution is -2.43. The molecule has 0 saturated carbocycles. The Morgan fingerprint density at radius 3 is 2.67 bits per heavy atom. The van der Waals surface area contributed by atoms with Gasteiger partial charge in [0, 0.05) is 17.1 Å². The summed E-state index contributed by atoms with van der Waals surface area (Å²) in [5.74, 6) is 0.657. The van der Waals surface area contributed by atoms with Gasteiger partial charge in [0.1, 0.15) is 0 Å². The molecule has 0 radical (unpaired) electrons. The Bertz CT molecular complexity index is 365. The molecular weight excluding hydrogens is 290 g/mol. The highest BCUT2D eigenvalue weighted by molar-refractivity contribution is 9.10. The van der Waals surface area contributed by atoms with Crippen molar-refractivity contribution in [2.24, 2.45) is 5.92 Å². The molecular formula is C15H22BrNO. The zero-order valence-electron chi connectivity index (χ0n) is 11.2. The van der Waals surface area contributed by atoms with Gasteiger partial charge in [-0.3, -0.25) is 0 Å². The molecule has 100 valence electrons. The van der Waals surface area contributed by atoms with E-state index in [0.29, 0.717) is 18.1 Å². The zero-order valence-corrected chi connectivity index (χ0v) is 12.7. The Kier molecular flexibility index (Phi) is 5.22. The molecule has 0 aromatic heterocycles. The Balaban J connectivity index is 2.03. The average Bonchev–Trinajstić information content (AvgIpc) is 2.78. The SMILES string of the molecule is CCNC(Cc1ccc(Br)cc1)C1OCCC1C. The van der Waals surface area contributed by atoms with E-state index in [4.69, 9.17) is 4.74 Å². The second-order valence-electron chi connectivity index (χ2n) is 5.10. The van der Waals surface area contributed by atoms with Gasteiger partial charge in [0.05, 0.1) is 6.10 Å². The summed E-state index contributed by atoms with van der Waals surface area (Å²) in [6.07, 6.45) is 2.58. The highest BCUT2D eigenvalue weighted by Gasteiger charge is 2.31. The fourth-order valence-corrected chi connectivity index (χ4v) is 2.94. The Labute approximate surface area is 118 Å². The third-order valence-electron chi connectivity index (χ3n) is 3.68. The largest absolute Gasteiger partial charge is 0.376 e. The fourth-order valence-electron chi connectivity index (χ4n) is 2.67. The van der Waals surface area contributed by atoms with Gasteiger partial charge in [-0.1, -0.05) is 41.9 Å². The number of hydrogen-bond acceptors (Lipinski definition) is 2. The third kappa shape index (κ3) is 3.56. The van der Waals surface area contributed by atoms with Gasteiger partial charge < -0.3 is 10.1 Å². The van der Waals surface area contributed by atoms with Crippen LogP contribution in [0.25, 0.3) is 0 Å². The van der Waals surface area contributed by atoms with Gasteiger partial charge in [-0.05, 0) is 43.0 Å². The molecule has 1 saturated heterocycles. The molecule has 18 heavy (non-hydrogen) atoms. The summed E-state index contributed by atoms with van der Waals surface area (Å²) in [7, 11) is 0. The first-order valence-corrected chi connectivity index (χ1v) is 7.59. The van der Waals surface area contributed by atoms with Crippen LogP contribution in [0, 0.1) is 5.92 Å². The normalized spacial score (nSPS) is 25.3. The lowest BCUT2D eigenvalue weighted by Gasteiger charge is -2.27. The average molecular weight is 312 g/mol. The van der Waals surface area contributed by atoms with Crippen LogP contribution in [0.2, 0.25) is 0 Å². The first-order valence-electron chi connectivity index (χ1n) is 6.80. The van der Waals surface area contributed by atoms with Gasteiger partial charge in [-0.25, -0.2) is 0 Å². The second kappa shape index (κ2) is 6.69. The van der Waals surface area contributed by atoms with Gasteiger partial charge in [0.2, 0.25) is 0 Å². The van der Waals surface area contributed by atoms with E-state index in [1.165, 1.54) is 12.0 Å². The van der Waals surface area contributed by atoms with Gasteiger partial charge in [-0.2, -0.15) is 0 Å². The smallest absolute Gasteiger partial charge is 0.0757 e. The molecule has 1 aliphatic rings. The van der Waals surface area contributed by atoms with Crippen molar-refractivity contribution < 1.29 is 4.74 Å². The van der Waals surface area contributed by atoms with Crippen LogP contribution in [0.1, 0.15) is 25.8 Å². The van der Waals surface area contributed by atoms with Crippen molar-refractivity contribution in [3.63, 3.8) is 0 Å². The molecule has 0 amide bonds. The Hall–Kier alpha value is -0.380. The van der Waals surface area contributed by atoms with E-state index in [1.807, 2.05) is 0 Å². The van der Waals surface area contributed by atoms with Crippen molar-refractivity contribution in [1.82, 2.24) is 5.32 Å². The van der Waals surface area contributed by atoms with E-state index in [9.17, 15) is 0 Å². The Morgan fingerprint density at radius 1 is 1.39 bits per heavy atom. The van der Waals surface area contributed by atoms with Crippen LogP contribution in [0.3, 0.4) is 0 Å². The summed E-state index contributed by atoms with van der Waals surface area (Å²) in [6.45, 7) is 6.36. The topological polar surface area (TPSA) is 21.3 Å². The number of nitrogens with one attached hydrogen (secondary N) is 1. The molecule has 0 aliphatic carbocycles. The summed E-state index contributed by atoms with van der Waals surface area (Å²) in [6, 6.07) is 9.02. The van der Waals surface area contributed by atoms with E-state index in [-0.39, 0.29) is 0 Å². The summed E-state index contributed by atoms with van der Waals surface area (Å²) < 4.78 is 7.04. The number of likely N-dealkylation sites (N-methyl/N-ethyl adjacent to an activating group) is 1. The molecule has 1 aliphatic heterocycles. The lowest BCUT2D eigenvalue weighted by molar-refractivity contribution is 0.0615. The fraction of sp³-hybridized carbons (Fsp3) is 0.600. The number of rotatable bonds is 5. The standard InChI is InChI=1S/C15H22BrNO/c1-3-17-14(15-11(2)8-9-18-15)10-12-4-6-13(16)7-5-12/h4-7,11,14-15,17H,3,8-10H2,1-2H3. The van der Waals surface area contributed by atoms with Gasteiger partial charge in [0.15, 0.2) is 0 Å². The lowest BCUT2D eigenvalue weighted by atomic mass is 9.93. The summed E-state index contributed by atoms with van der Waals surface area (Å²) in [5, 5.41) is 3.58. The van der Waals surface area contributed by atoms with Crippen LogP contribution in [0.4, 0.5) is 0 Å². The van der Waals surface area contributed by atoms with E-state index < -0.39 is 0 Å².